The molecule has 0 aromatic heterocycles. The van der Waals surface area contributed by atoms with Gasteiger partial charge in [-0.05, 0) is 106 Å². The number of fused-ring (bicyclic) bond motifs is 1. The van der Waals surface area contributed by atoms with Gasteiger partial charge < -0.3 is 20.1 Å². The molecule has 1 heterocycles. The topological polar surface area (TPSA) is 69.9 Å². The van der Waals surface area contributed by atoms with E-state index in [1.54, 1.807) is 0 Å². The average molecular weight is 445 g/mol. The predicted octanol–water partition coefficient (Wildman–Crippen LogP) is 5.08. The molecule has 1 aliphatic heterocycles. The van der Waals surface area contributed by atoms with Gasteiger partial charge in [-0.2, -0.15) is 0 Å². The van der Waals surface area contributed by atoms with E-state index in [2.05, 4.69) is 32.6 Å². The average Bonchev–Trinajstić information content (AvgIpc) is 3.22. The van der Waals surface area contributed by atoms with Crippen LogP contribution in [0.5, 0.6) is 0 Å². The highest BCUT2D eigenvalue weighted by molar-refractivity contribution is 5.38. The van der Waals surface area contributed by atoms with E-state index < -0.39 is 17.8 Å². The maximum Gasteiger partial charge on any atom is 0.0811 e. The predicted molar refractivity (Wildman–Crippen MR) is 128 cm³/mol. The minimum absolute atomic E-state index is 0.105. The van der Waals surface area contributed by atoms with Crippen LogP contribution in [0.15, 0.2) is 35.5 Å². The van der Waals surface area contributed by atoms with Crippen LogP contribution in [0, 0.1) is 23.2 Å². The molecule has 7 atom stereocenters. The molecule has 0 radical (unpaired) electrons. The van der Waals surface area contributed by atoms with Gasteiger partial charge in [-0.3, -0.25) is 0 Å². The molecule has 4 aliphatic rings. The van der Waals surface area contributed by atoms with Gasteiger partial charge in [0.25, 0.3) is 0 Å². The molecule has 0 spiro atoms. The summed E-state index contributed by atoms with van der Waals surface area (Å²) in [6.45, 7) is 13.4. The molecule has 0 unspecified atom stereocenters. The zero-order valence-corrected chi connectivity index (χ0v) is 20.6. The van der Waals surface area contributed by atoms with Crippen LogP contribution in [0.2, 0.25) is 0 Å². The lowest BCUT2D eigenvalue weighted by Crippen LogP contribution is -2.45. The quantitative estimate of drug-likeness (QED) is 0.565. The summed E-state index contributed by atoms with van der Waals surface area (Å²) in [5.74, 6) is 1.54. The first-order chi connectivity index (χ1) is 14.9. The van der Waals surface area contributed by atoms with Crippen LogP contribution in [-0.2, 0) is 4.74 Å². The number of rotatable bonds is 4. The van der Waals surface area contributed by atoms with Crippen LogP contribution in [0.3, 0.4) is 0 Å². The first-order valence-corrected chi connectivity index (χ1v) is 12.7. The van der Waals surface area contributed by atoms with Crippen molar-refractivity contribution in [3.63, 3.8) is 0 Å². The molecule has 4 rings (SSSR count). The van der Waals surface area contributed by atoms with E-state index in [4.69, 9.17) is 4.74 Å². The number of allylic oxidation sites excluding steroid dienone is 3. The van der Waals surface area contributed by atoms with E-state index in [-0.39, 0.29) is 11.0 Å². The van der Waals surface area contributed by atoms with Crippen molar-refractivity contribution in [2.45, 2.75) is 109 Å². The molecule has 3 saturated carbocycles. The third kappa shape index (κ3) is 4.66. The molecule has 180 valence electrons. The molecule has 1 saturated heterocycles. The van der Waals surface area contributed by atoms with E-state index >= 15 is 0 Å². The Hall–Kier alpha value is -0.940. The minimum Gasteiger partial charge on any atom is -0.393 e. The largest absolute Gasteiger partial charge is 0.393 e. The van der Waals surface area contributed by atoms with Gasteiger partial charge in [-0.25, -0.2) is 0 Å². The Morgan fingerprint density at radius 3 is 2.66 bits per heavy atom. The number of ether oxygens (including phenoxy) is 1. The lowest BCUT2D eigenvalue weighted by atomic mass is 9.59. The Morgan fingerprint density at radius 2 is 1.94 bits per heavy atom. The highest BCUT2D eigenvalue weighted by Gasteiger charge is 2.57. The standard InChI is InChI=1S/C28H44O4/c1-18-21(13-22(29)14-24(18)30)9-8-20-7-6-12-27(4)23(20)10-11-25(27)28(5)16-19(17-32-28)15-26(2,3)31/h8-9,19,22-25,29-31H,1,6-7,10-17H2,2-5H3/b20-8+,21-9-/t19-,22-,23+,24+,25+,27+,28+/m1/s1. The van der Waals surface area contributed by atoms with Crippen molar-refractivity contribution in [1.29, 1.82) is 0 Å². The minimum atomic E-state index is -0.639. The molecule has 4 fully saturated rings. The molecule has 3 N–H and O–H groups in total. The lowest BCUT2D eigenvalue weighted by Gasteiger charge is -2.47. The van der Waals surface area contributed by atoms with Crippen molar-refractivity contribution in [3.05, 3.63) is 35.5 Å². The fourth-order valence-electron chi connectivity index (χ4n) is 7.79. The van der Waals surface area contributed by atoms with E-state index in [9.17, 15) is 15.3 Å². The van der Waals surface area contributed by atoms with Gasteiger partial charge in [0.15, 0.2) is 0 Å². The van der Waals surface area contributed by atoms with Gasteiger partial charge in [0, 0.05) is 6.42 Å². The molecule has 0 bridgehead atoms. The summed E-state index contributed by atoms with van der Waals surface area (Å²) in [4.78, 5) is 0. The van der Waals surface area contributed by atoms with Crippen LogP contribution >= 0.6 is 0 Å². The molecule has 32 heavy (non-hydrogen) atoms. The van der Waals surface area contributed by atoms with Crippen LogP contribution in [0.25, 0.3) is 0 Å². The van der Waals surface area contributed by atoms with Crippen molar-refractivity contribution in [1.82, 2.24) is 0 Å². The fraction of sp³-hybridized carbons (Fsp3) is 0.786. The maximum absolute atomic E-state index is 10.3. The first kappa shape index (κ1) is 24.2. The normalized spacial score (nSPS) is 45.6. The smallest absolute Gasteiger partial charge is 0.0811 e. The zero-order valence-electron chi connectivity index (χ0n) is 20.6. The van der Waals surface area contributed by atoms with Gasteiger partial charge in [-0.1, -0.05) is 31.2 Å². The van der Waals surface area contributed by atoms with Gasteiger partial charge >= 0.3 is 0 Å². The second-order valence-corrected chi connectivity index (χ2v) is 12.3. The first-order valence-electron chi connectivity index (χ1n) is 12.7. The Morgan fingerprint density at radius 1 is 1.19 bits per heavy atom. The van der Waals surface area contributed by atoms with Crippen molar-refractivity contribution >= 4 is 0 Å². The summed E-state index contributed by atoms with van der Waals surface area (Å²) in [6, 6.07) is 0. The summed E-state index contributed by atoms with van der Waals surface area (Å²) < 4.78 is 6.52. The van der Waals surface area contributed by atoms with Crippen LogP contribution in [0.4, 0.5) is 0 Å². The third-order valence-corrected chi connectivity index (χ3v) is 9.10. The Kier molecular flexibility index (Phi) is 6.57. The summed E-state index contributed by atoms with van der Waals surface area (Å²) in [5.41, 5.74) is 2.77. The number of hydrogen-bond donors (Lipinski definition) is 3. The van der Waals surface area contributed by atoms with Gasteiger partial charge in [0.2, 0.25) is 0 Å². The molecule has 0 aromatic rings. The molecular formula is C28H44O4. The highest BCUT2D eigenvalue weighted by atomic mass is 16.5. The second kappa shape index (κ2) is 8.69. The number of aliphatic hydroxyl groups is 3. The van der Waals surface area contributed by atoms with Crippen molar-refractivity contribution < 1.29 is 20.1 Å². The second-order valence-electron chi connectivity index (χ2n) is 12.3. The van der Waals surface area contributed by atoms with Gasteiger partial charge in [0.1, 0.15) is 0 Å². The highest BCUT2D eigenvalue weighted by Crippen LogP contribution is 2.62. The van der Waals surface area contributed by atoms with E-state index in [0.29, 0.717) is 30.6 Å². The summed E-state index contributed by atoms with van der Waals surface area (Å²) in [6.07, 6.45) is 12.1. The maximum atomic E-state index is 10.3. The fourth-order valence-corrected chi connectivity index (χ4v) is 7.79. The molecular weight excluding hydrogens is 400 g/mol. The van der Waals surface area contributed by atoms with Crippen molar-refractivity contribution in [2.24, 2.45) is 23.2 Å². The van der Waals surface area contributed by atoms with Gasteiger partial charge in [-0.15, -0.1) is 0 Å². The summed E-state index contributed by atoms with van der Waals surface area (Å²) in [7, 11) is 0. The molecule has 0 aromatic carbocycles. The summed E-state index contributed by atoms with van der Waals surface area (Å²) >= 11 is 0. The number of aliphatic hydroxyl groups excluding tert-OH is 2. The van der Waals surface area contributed by atoms with Crippen LogP contribution in [0.1, 0.15) is 85.5 Å². The van der Waals surface area contributed by atoms with E-state index in [0.717, 1.165) is 37.0 Å². The molecule has 4 heteroatoms. The molecule has 3 aliphatic carbocycles. The monoisotopic (exact) mass is 444 g/mol. The Bertz CT molecular complexity index is 790. The van der Waals surface area contributed by atoms with Crippen LogP contribution in [-0.4, -0.2) is 45.3 Å². The number of hydrogen-bond acceptors (Lipinski definition) is 4. The van der Waals surface area contributed by atoms with E-state index in [1.165, 1.54) is 31.3 Å². The van der Waals surface area contributed by atoms with Crippen molar-refractivity contribution in [2.75, 3.05) is 6.61 Å². The van der Waals surface area contributed by atoms with Gasteiger partial charge in [0.05, 0.1) is 30.0 Å². The Balaban J connectivity index is 1.52. The lowest BCUT2D eigenvalue weighted by molar-refractivity contribution is -0.0753. The van der Waals surface area contributed by atoms with Crippen LogP contribution < -0.4 is 0 Å². The third-order valence-electron chi connectivity index (χ3n) is 9.10. The van der Waals surface area contributed by atoms with Crippen molar-refractivity contribution in [3.8, 4) is 0 Å². The molecule has 4 nitrogen and oxygen atoms in total. The van der Waals surface area contributed by atoms with E-state index in [1.807, 2.05) is 13.8 Å². The summed E-state index contributed by atoms with van der Waals surface area (Å²) in [5, 5.41) is 30.6. The zero-order chi connectivity index (χ0) is 23.3. The Labute approximate surface area is 194 Å². The molecule has 0 amide bonds. The SMILES string of the molecule is C=C1/C(=C\C=C2/CCC[C@@]3(C)[C@H]2CC[C@@H]3[C@]2(C)C[C@@H](CC(C)(C)O)CO2)C[C@@H](O)C[C@@H]1O.